The number of nitrogens with zero attached hydrogens (tertiary/aromatic N) is 1. The van der Waals surface area contributed by atoms with E-state index in [9.17, 15) is 19.5 Å². The molecule has 2 aromatic carbocycles. The normalized spacial score (nSPS) is 15.3. The van der Waals surface area contributed by atoms with E-state index < -0.39 is 30.2 Å². The minimum atomic E-state index is -1.19. The SMILES string of the molecule is CCOc1cc([C@H]2NC(=O)NC(C)=C2C(=O)OC)ccc1OC[C@H](O)N/N=C\c1ccc(-c2cccc(C(=O)OC)c2C)o1. The van der Waals surface area contributed by atoms with Crippen LogP contribution in [-0.4, -0.2) is 63.0 Å². The van der Waals surface area contributed by atoms with Crippen molar-refractivity contribution in [2.24, 2.45) is 5.10 Å². The van der Waals surface area contributed by atoms with Gasteiger partial charge in [-0.15, -0.1) is 0 Å². The molecule has 0 saturated heterocycles. The van der Waals surface area contributed by atoms with Crippen LogP contribution in [0.5, 0.6) is 11.5 Å². The van der Waals surface area contributed by atoms with Crippen molar-refractivity contribution in [2.75, 3.05) is 27.4 Å². The molecule has 44 heavy (non-hydrogen) atoms. The Kier molecular flexibility index (Phi) is 10.2. The molecule has 232 valence electrons. The molecule has 0 aliphatic carbocycles. The van der Waals surface area contributed by atoms with E-state index in [4.69, 9.17) is 23.4 Å². The molecule has 0 bridgehead atoms. The van der Waals surface area contributed by atoms with Gasteiger partial charge in [-0.05, 0) is 62.2 Å². The summed E-state index contributed by atoms with van der Waals surface area (Å²) in [6, 6.07) is 12.5. The summed E-state index contributed by atoms with van der Waals surface area (Å²) in [6.07, 6.45) is 0.211. The highest BCUT2D eigenvalue weighted by Gasteiger charge is 2.32. The highest BCUT2D eigenvalue weighted by atomic mass is 16.5. The number of nitrogens with one attached hydrogen (secondary N) is 3. The Balaban J connectivity index is 1.40. The molecule has 2 atom stereocenters. The number of methoxy groups -OCH3 is 2. The Morgan fingerprint density at radius 1 is 1.07 bits per heavy atom. The smallest absolute Gasteiger partial charge is 0.338 e. The molecule has 0 fully saturated rings. The number of hydrogen-bond acceptors (Lipinski definition) is 11. The van der Waals surface area contributed by atoms with Gasteiger partial charge in [-0.2, -0.15) is 5.10 Å². The van der Waals surface area contributed by atoms with Gasteiger partial charge >= 0.3 is 18.0 Å². The molecule has 0 radical (unpaired) electrons. The largest absolute Gasteiger partial charge is 0.490 e. The number of aliphatic hydroxyl groups excluding tert-OH is 1. The molecule has 13 heteroatoms. The Morgan fingerprint density at radius 3 is 2.57 bits per heavy atom. The average molecular weight is 607 g/mol. The number of esters is 2. The predicted molar refractivity (Wildman–Crippen MR) is 159 cm³/mol. The van der Waals surface area contributed by atoms with E-state index in [1.165, 1.54) is 20.4 Å². The average Bonchev–Trinajstić information content (AvgIpc) is 3.48. The molecule has 1 aliphatic rings. The predicted octanol–water partition coefficient (Wildman–Crippen LogP) is 3.56. The molecule has 4 rings (SSSR count). The van der Waals surface area contributed by atoms with E-state index in [-0.39, 0.29) is 12.2 Å². The summed E-state index contributed by atoms with van der Waals surface area (Å²) in [7, 11) is 2.60. The van der Waals surface area contributed by atoms with Gasteiger partial charge in [0.2, 0.25) is 0 Å². The molecule has 0 saturated carbocycles. The van der Waals surface area contributed by atoms with E-state index >= 15 is 0 Å². The second-order valence-electron chi connectivity index (χ2n) is 9.59. The highest BCUT2D eigenvalue weighted by molar-refractivity contribution is 5.95. The Labute approximate surface area is 253 Å². The van der Waals surface area contributed by atoms with E-state index in [0.717, 1.165) is 11.1 Å². The highest BCUT2D eigenvalue weighted by Crippen LogP contribution is 2.35. The van der Waals surface area contributed by atoms with Crippen LogP contribution in [0.3, 0.4) is 0 Å². The van der Waals surface area contributed by atoms with Crippen LogP contribution in [0.15, 0.2) is 69.3 Å². The van der Waals surface area contributed by atoms with E-state index in [0.29, 0.717) is 46.5 Å². The number of furan rings is 1. The molecule has 3 aromatic rings. The van der Waals surface area contributed by atoms with Gasteiger partial charge in [-0.3, -0.25) is 5.43 Å². The Bertz CT molecular complexity index is 1590. The maximum Gasteiger partial charge on any atom is 0.338 e. The van der Waals surface area contributed by atoms with Crippen molar-refractivity contribution in [3.8, 4) is 22.8 Å². The first-order valence-electron chi connectivity index (χ1n) is 13.7. The quantitative estimate of drug-likeness (QED) is 0.103. The first-order chi connectivity index (χ1) is 21.2. The molecule has 0 unspecified atom stereocenters. The first-order valence-corrected chi connectivity index (χ1v) is 13.7. The Morgan fingerprint density at radius 2 is 1.84 bits per heavy atom. The third-order valence-electron chi connectivity index (χ3n) is 6.72. The molecule has 1 aliphatic heterocycles. The molecule has 0 spiro atoms. The fourth-order valence-corrected chi connectivity index (χ4v) is 4.61. The van der Waals surface area contributed by atoms with Crippen molar-refractivity contribution in [3.05, 3.63) is 82.3 Å². The van der Waals surface area contributed by atoms with Gasteiger partial charge in [0.05, 0.1) is 44.2 Å². The number of ether oxygens (including phenoxy) is 4. The van der Waals surface area contributed by atoms with Crippen molar-refractivity contribution < 1.29 is 42.9 Å². The summed E-state index contributed by atoms with van der Waals surface area (Å²) in [6.45, 7) is 5.36. The van der Waals surface area contributed by atoms with Gasteiger partial charge in [-0.25, -0.2) is 14.4 Å². The summed E-state index contributed by atoms with van der Waals surface area (Å²) in [5.74, 6) is 0.628. The molecule has 2 heterocycles. The zero-order chi connectivity index (χ0) is 31.8. The lowest BCUT2D eigenvalue weighted by molar-refractivity contribution is -0.136. The van der Waals surface area contributed by atoms with Crippen LogP contribution < -0.4 is 25.5 Å². The lowest BCUT2D eigenvalue weighted by atomic mass is 9.95. The standard InChI is InChI=1S/C31H34N4O9/c1-6-42-25-14-19(28-27(30(38)41-5)18(3)33-31(39)34-28)10-12-24(25)43-16-26(36)35-32-15-20-11-13-23(44-20)21-8-7-9-22(17(21)2)29(37)40-4/h7-15,26,28,35-36H,6,16H2,1-5H3,(H2,33,34,39)/b32-15-/t26-,28+/m0/s1. The van der Waals surface area contributed by atoms with Crippen molar-refractivity contribution in [2.45, 2.75) is 33.0 Å². The number of urea groups is 1. The van der Waals surface area contributed by atoms with E-state index in [1.54, 1.807) is 56.3 Å². The van der Waals surface area contributed by atoms with Gasteiger partial charge in [0.25, 0.3) is 0 Å². The minimum absolute atomic E-state index is 0.184. The fraction of sp³-hybridized carbons (Fsp3) is 0.290. The zero-order valence-corrected chi connectivity index (χ0v) is 24.9. The summed E-state index contributed by atoms with van der Waals surface area (Å²) in [5.41, 5.74) is 5.68. The fourth-order valence-electron chi connectivity index (χ4n) is 4.61. The number of aliphatic hydroxyl groups is 1. The van der Waals surface area contributed by atoms with Crippen molar-refractivity contribution in [3.63, 3.8) is 0 Å². The topological polar surface area (TPSA) is 170 Å². The number of amides is 2. The number of carbonyl (C=O) groups is 3. The molecule has 1 aromatic heterocycles. The lowest BCUT2D eigenvalue weighted by Crippen LogP contribution is -2.45. The van der Waals surface area contributed by atoms with Crippen LogP contribution in [0.2, 0.25) is 0 Å². The molecular formula is C31H34N4O9. The second-order valence-corrected chi connectivity index (χ2v) is 9.59. The monoisotopic (exact) mass is 606 g/mol. The second kappa shape index (κ2) is 14.2. The van der Waals surface area contributed by atoms with Crippen LogP contribution in [0.25, 0.3) is 11.3 Å². The van der Waals surface area contributed by atoms with Gasteiger partial charge in [-0.1, -0.05) is 18.2 Å². The molecule has 4 N–H and O–H groups in total. The van der Waals surface area contributed by atoms with Gasteiger partial charge in [0.15, 0.2) is 17.7 Å². The zero-order valence-electron chi connectivity index (χ0n) is 24.9. The number of hydrogen-bond donors (Lipinski definition) is 4. The number of rotatable bonds is 12. The third kappa shape index (κ3) is 7.18. The lowest BCUT2D eigenvalue weighted by Gasteiger charge is -2.28. The summed E-state index contributed by atoms with van der Waals surface area (Å²) in [5, 5.41) is 19.7. The molecular weight excluding hydrogens is 572 g/mol. The minimum Gasteiger partial charge on any atom is -0.490 e. The van der Waals surface area contributed by atoms with E-state index in [2.05, 4.69) is 21.2 Å². The third-order valence-corrected chi connectivity index (χ3v) is 6.72. The summed E-state index contributed by atoms with van der Waals surface area (Å²) >= 11 is 0. The maximum absolute atomic E-state index is 12.4. The summed E-state index contributed by atoms with van der Waals surface area (Å²) < 4.78 is 27.1. The number of hydrazone groups is 1. The van der Waals surface area contributed by atoms with Crippen LogP contribution in [0, 0.1) is 6.92 Å². The molecule has 13 nitrogen and oxygen atoms in total. The van der Waals surface area contributed by atoms with Gasteiger partial charge in [0.1, 0.15) is 18.1 Å². The van der Waals surface area contributed by atoms with Crippen molar-refractivity contribution in [1.29, 1.82) is 0 Å². The van der Waals surface area contributed by atoms with Crippen molar-refractivity contribution >= 4 is 24.2 Å². The van der Waals surface area contributed by atoms with E-state index in [1.807, 2.05) is 13.0 Å². The number of allylic oxidation sites excluding steroid dienone is 1. The van der Waals surface area contributed by atoms with Gasteiger partial charge in [0, 0.05) is 11.3 Å². The number of benzene rings is 2. The maximum atomic E-state index is 12.4. The summed E-state index contributed by atoms with van der Waals surface area (Å²) in [4.78, 5) is 36.6. The first kappa shape index (κ1) is 31.6. The van der Waals surface area contributed by atoms with Crippen LogP contribution >= 0.6 is 0 Å². The van der Waals surface area contributed by atoms with Gasteiger partial charge < -0.3 is 39.1 Å². The number of carbonyl (C=O) groups excluding carboxylic acids is 3. The van der Waals surface area contributed by atoms with Crippen molar-refractivity contribution in [1.82, 2.24) is 16.1 Å². The Hall–Kier alpha value is -5.30. The van der Waals surface area contributed by atoms with Crippen LogP contribution in [-0.2, 0) is 14.3 Å². The van der Waals surface area contributed by atoms with Crippen LogP contribution in [0.4, 0.5) is 4.79 Å². The van der Waals surface area contributed by atoms with Crippen LogP contribution in [0.1, 0.15) is 47.1 Å². The molecule has 2 amide bonds.